The fourth-order valence-corrected chi connectivity index (χ4v) is 2.27. The molecule has 1 aromatic heterocycles. The lowest BCUT2D eigenvalue weighted by Gasteiger charge is -2.32. The Hall–Kier alpha value is -1.27. The van der Waals surface area contributed by atoms with Gasteiger partial charge in [-0.15, -0.1) is 0 Å². The number of hydrogen-bond donors (Lipinski definition) is 1. The summed E-state index contributed by atoms with van der Waals surface area (Å²) < 4.78 is 5.81. The van der Waals surface area contributed by atoms with Crippen molar-refractivity contribution in [2.45, 2.75) is 45.6 Å². The molecule has 1 atom stereocenters. The van der Waals surface area contributed by atoms with Crippen LogP contribution in [-0.4, -0.2) is 46.1 Å². The third-order valence-corrected chi connectivity index (χ3v) is 3.32. The van der Waals surface area contributed by atoms with Gasteiger partial charge in [0.15, 0.2) is 5.82 Å². The van der Waals surface area contributed by atoms with Crippen LogP contribution in [-0.2, 0) is 10.2 Å². The van der Waals surface area contributed by atoms with Crippen LogP contribution < -0.4 is 5.73 Å². The van der Waals surface area contributed by atoms with E-state index in [1.165, 1.54) is 0 Å². The summed E-state index contributed by atoms with van der Waals surface area (Å²) in [5.41, 5.74) is 5.68. The maximum absolute atomic E-state index is 5.82. The Morgan fingerprint density at radius 3 is 2.70 bits per heavy atom. The standard InChI is InChI=1S/C14H25N5O/c1-5-6-19-7-8-20-10(9-19)11-16-12(14(2,3)4)18-13(15)17-11/h10H,5-9H2,1-4H3,(H2,15,16,17,18). The molecular weight excluding hydrogens is 254 g/mol. The lowest BCUT2D eigenvalue weighted by Crippen LogP contribution is -2.39. The first-order valence-electron chi connectivity index (χ1n) is 7.26. The highest BCUT2D eigenvalue weighted by atomic mass is 16.5. The van der Waals surface area contributed by atoms with E-state index >= 15 is 0 Å². The number of ether oxygens (including phenoxy) is 1. The summed E-state index contributed by atoms with van der Waals surface area (Å²) >= 11 is 0. The molecule has 0 amide bonds. The Bertz CT molecular complexity index is 455. The van der Waals surface area contributed by atoms with Gasteiger partial charge >= 0.3 is 0 Å². The van der Waals surface area contributed by atoms with Crippen LogP contribution in [0.1, 0.15) is 51.9 Å². The molecule has 2 heterocycles. The highest BCUT2D eigenvalue weighted by Gasteiger charge is 2.27. The monoisotopic (exact) mass is 279 g/mol. The summed E-state index contributed by atoms with van der Waals surface area (Å²) in [5, 5.41) is 0. The van der Waals surface area contributed by atoms with Crippen molar-refractivity contribution >= 4 is 5.95 Å². The molecule has 0 aliphatic carbocycles. The number of nitrogen functional groups attached to an aromatic ring is 1. The van der Waals surface area contributed by atoms with Gasteiger partial charge in [0.05, 0.1) is 6.61 Å². The van der Waals surface area contributed by atoms with Crippen LogP contribution in [0.2, 0.25) is 0 Å². The Morgan fingerprint density at radius 1 is 1.30 bits per heavy atom. The first-order chi connectivity index (χ1) is 9.40. The van der Waals surface area contributed by atoms with Gasteiger partial charge in [-0.2, -0.15) is 9.97 Å². The van der Waals surface area contributed by atoms with Crippen LogP contribution in [0.3, 0.4) is 0 Å². The summed E-state index contributed by atoms with van der Waals surface area (Å²) in [7, 11) is 0. The molecule has 2 N–H and O–H groups in total. The molecular formula is C14H25N5O. The maximum atomic E-state index is 5.82. The van der Waals surface area contributed by atoms with Crippen LogP contribution in [0.15, 0.2) is 0 Å². The molecule has 0 radical (unpaired) electrons. The second kappa shape index (κ2) is 6.01. The Morgan fingerprint density at radius 2 is 2.05 bits per heavy atom. The molecule has 1 aliphatic rings. The fraction of sp³-hybridized carbons (Fsp3) is 0.786. The second-order valence-electron chi connectivity index (χ2n) is 6.29. The maximum Gasteiger partial charge on any atom is 0.223 e. The van der Waals surface area contributed by atoms with Gasteiger partial charge in [-0.1, -0.05) is 27.7 Å². The van der Waals surface area contributed by atoms with Crippen molar-refractivity contribution in [2.24, 2.45) is 0 Å². The third kappa shape index (κ3) is 3.64. The van der Waals surface area contributed by atoms with E-state index in [9.17, 15) is 0 Å². The smallest absolute Gasteiger partial charge is 0.223 e. The lowest BCUT2D eigenvalue weighted by molar-refractivity contribution is -0.0344. The van der Waals surface area contributed by atoms with Gasteiger partial charge in [-0.3, -0.25) is 4.90 Å². The van der Waals surface area contributed by atoms with E-state index in [0.717, 1.165) is 31.9 Å². The number of nitrogens with two attached hydrogens (primary N) is 1. The van der Waals surface area contributed by atoms with Crippen LogP contribution in [0.4, 0.5) is 5.95 Å². The first kappa shape index (κ1) is 15.1. The molecule has 6 heteroatoms. The zero-order valence-electron chi connectivity index (χ0n) is 12.9. The van der Waals surface area contributed by atoms with E-state index in [1.807, 2.05) is 0 Å². The normalized spacial score (nSPS) is 21.1. The zero-order chi connectivity index (χ0) is 14.8. The van der Waals surface area contributed by atoms with Gasteiger partial charge in [0.2, 0.25) is 5.95 Å². The molecule has 0 spiro atoms. The van der Waals surface area contributed by atoms with Crippen LogP contribution in [0, 0.1) is 0 Å². The van der Waals surface area contributed by atoms with Crippen molar-refractivity contribution in [3.05, 3.63) is 11.6 Å². The fourth-order valence-electron chi connectivity index (χ4n) is 2.27. The van der Waals surface area contributed by atoms with Crippen molar-refractivity contribution in [2.75, 3.05) is 32.0 Å². The van der Waals surface area contributed by atoms with Crippen LogP contribution in [0.25, 0.3) is 0 Å². The average Bonchev–Trinajstić information content (AvgIpc) is 2.38. The van der Waals surface area contributed by atoms with Gasteiger partial charge < -0.3 is 10.5 Å². The Balaban J connectivity index is 2.21. The van der Waals surface area contributed by atoms with Crippen molar-refractivity contribution in [1.82, 2.24) is 19.9 Å². The minimum absolute atomic E-state index is 0.110. The molecule has 1 aromatic rings. The van der Waals surface area contributed by atoms with E-state index < -0.39 is 0 Å². The molecule has 1 saturated heterocycles. The summed E-state index contributed by atoms with van der Waals surface area (Å²) in [4.78, 5) is 15.5. The minimum atomic E-state index is -0.149. The van der Waals surface area contributed by atoms with Gasteiger partial charge in [0, 0.05) is 18.5 Å². The quantitative estimate of drug-likeness (QED) is 0.904. The van der Waals surface area contributed by atoms with Gasteiger partial charge in [-0.05, 0) is 13.0 Å². The predicted molar refractivity (Wildman–Crippen MR) is 78.4 cm³/mol. The Kier molecular flexibility index (Phi) is 4.55. The van der Waals surface area contributed by atoms with Crippen LogP contribution in [0.5, 0.6) is 0 Å². The molecule has 0 bridgehead atoms. The van der Waals surface area contributed by atoms with Crippen molar-refractivity contribution < 1.29 is 4.74 Å². The molecule has 112 valence electrons. The highest BCUT2D eigenvalue weighted by molar-refractivity contribution is 5.20. The van der Waals surface area contributed by atoms with Gasteiger partial charge in [0.25, 0.3) is 0 Å². The third-order valence-electron chi connectivity index (χ3n) is 3.32. The molecule has 6 nitrogen and oxygen atoms in total. The topological polar surface area (TPSA) is 77.2 Å². The van der Waals surface area contributed by atoms with Gasteiger partial charge in [-0.25, -0.2) is 4.98 Å². The Labute approximate surface area is 120 Å². The highest BCUT2D eigenvalue weighted by Crippen LogP contribution is 2.23. The number of anilines is 1. The predicted octanol–water partition coefficient (Wildman–Crippen LogP) is 1.53. The number of rotatable bonds is 3. The van der Waals surface area contributed by atoms with Crippen molar-refractivity contribution in [3.63, 3.8) is 0 Å². The SMILES string of the molecule is CCCN1CCOC(c2nc(N)nc(C(C)(C)C)n2)C1. The van der Waals surface area contributed by atoms with E-state index in [1.54, 1.807) is 0 Å². The van der Waals surface area contributed by atoms with Crippen LogP contribution >= 0.6 is 0 Å². The molecule has 0 saturated carbocycles. The van der Waals surface area contributed by atoms with E-state index in [2.05, 4.69) is 47.5 Å². The molecule has 1 unspecified atom stereocenters. The second-order valence-corrected chi connectivity index (χ2v) is 6.29. The zero-order valence-corrected chi connectivity index (χ0v) is 12.9. The van der Waals surface area contributed by atoms with E-state index in [-0.39, 0.29) is 17.5 Å². The molecule has 1 fully saturated rings. The minimum Gasteiger partial charge on any atom is -0.368 e. The summed E-state index contributed by atoms with van der Waals surface area (Å²) in [5.74, 6) is 1.65. The molecule has 2 rings (SSSR count). The summed E-state index contributed by atoms with van der Waals surface area (Å²) in [6.45, 7) is 12.0. The van der Waals surface area contributed by atoms with Gasteiger partial charge in [0.1, 0.15) is 11.9 Å². The summed E-state index contributed by atoms with van der Waals surface area (Å²) in [6, 6.07) is 0. The summed E-state index contributed by atoms with van der Waals surface area (Å²) in [6.07, 6.45) is 1.03. The van der Waals surface area contributed by atoms with E-state index in [4.69, 9.17) is 10.5 Å². The number of nitrogens with zero attached hydrogens (tertiary/aromatic N) is 4. The molecule has 1 aliphatic heterocycles. The lowest BCUT2D eigenvalue weighted by atomic mass is 9.96. The molecule has 0 aromatic carbocycles. The molecule has 20 heavy (non-hydrogen) atoms. The van der Waals surface area contributed by atoms with E-state index in [0.29, 0.717) is 12.4 Å². The largest absolute Gasteiger partial charge is 0.368 e. The number of morpholine rings is 1. The number of aromatic nitrogens is 3. The van der Waals surface area contributed by atoms with Crippen molar-refractivity contribution in [3.8, 4) is 0 Å². The first-order valence-corrected chi connectivity index (χ1v) is 7.26. The number of hydrogen-bond acceptors (Lipinski definition) is 6. The average molecular weight is 279 g/mol. The van der Waals surface area contributed by atoms with Crippen molar-refractivity contribution in [1.29, 1.82) is 0 Å².